The molecule has 0 atom stereocenters. The number of rotatable bonds is 5. The quantitative estimate of drug-likeness (QED) is 0.607. The van der Waals surface area contributed by atoms with Gasteiger partial charge in [0.25, 0.3) is 5.88 Å². The summed E-state index contributed by atoms with van der Waals surface area (Å²) in [6.07, 6.45) is 3.31. The highest BCUT2D eigenvalue weighted by molar-refractivity contribution is 6.22. The van der Waals surface area contributed by atoms with Gasteiger partial charge in [0.1, 0.15) is 42.7 Å². The average molecular weight is 410 g/mol. The Bertz CT molecular complexity index is 1120. The molecule has 2 aromatic rings. The Labute approximate surface area is 176 Å². The second-order valence-corrected chi connectivity index (χ2v) is 8.57. The van der Waals surface area contributed by atoms with Crippen LogP contribution in [-0.4, -0.2) is 78.1 Å². The summed E-state index contributed by atoms with van der Waals surface area (Å²) in [5.74, 6) is 1.11. The number of fused-ring (bicyclic) bond motifs is 2. The van der Waals surface area contributed by atoms with E-state index in [1.165, 1.54) is 0 Å². The third-order valence-electron chi connectivity index (χ3n) is 5.16. The van der Waals surface area contributed by atoms with Crippen LogP contribution in [0, 0.1) is 13.8 Å². The fraction of sp³-hybridized carbons (Fsp3) is 0.409. The minimum Gasteiger partial charge on any atom is -0.506 e. The molecule has 0 saturated carbocycles. The number of hydrogen-bond acceptors (Lipinski definition) is 6. The molecule has 1 N–H and O–H groups in total. The minimum atomic E-state index is 0.0449. The van der Waals surface area contributed by atoms with Gasteiger partial charge in [-0.2, -0.15) is 0 Å². The molecule has 0 fully saturated rings. The average Bonchev–Trinajstić information content (AvgIpc) is 3.02. The normalized spacial score (nSPS) is 17.9. The summed E-state index contributed by atoms with van der Waals surface area (Å²) in [4.78, 5) is 9.11. The Hall–Kier alpha value is -3.13. The molecule has 1 aliphatic heterocycles. The van der Waals surface area contributed by atoms with Crippen LogP contribution in [0.25, 0.3) is 5.52 Å². The molecule has 0 unspecified atom stereocenters. The van der Waals surface area contributed by atoms with E-state index in [-0.39, 0.29) is 5.76 Å². The van der Waals surface area contributed by atoms with Crippen LogP contribution in [0.15, 0.2) is 45.8 Å². The smallest absolute Gasteiger partial charge is 0.260 e. The fourth-order valence-electron chi connectivity index (χ4n) is 3.23. The molecule has 0 aromatic carbocycles. The third-order valence-corrected chi connectivity index (χ3v) is 5.16. The number of ether oxygens (including phenoxy) is 2. The summed E-state index contributed by atoms with van der Waals surface area (Å²) in [6, 6.07) is 4.01. The molecule has 0 spiro atoms. The topological polar surface area (TPSA) is 80.7 Å². The van der Waals surface area contributed by atoms with Crippen LogP contribution in [0.4, 0.5) is 5.69 Å². The van der Waals surface area contributed by atoms with Crippen LogP contribution >= 0.6 is 0 Å². The van der Waals surface area contributed by atoms with E-state index in [0.717, 1.165) is 27.8 Å². The minimum absolute atomic E-state index is 0.0449. The molecular formula is C22H28N5O3+. The van der Waals surface area contributed by atoms with Gasteiger partial charge in [-0.25, -0.2) is 9.51 Å². The monoisotopic (exact) mass is 410 g/mol. The Morgan fingerprint density at radius 1 is 1.23 bits per heavy atom. The number of likely N-dealkylation sites (N-methyl/N-ethyl adjacent to an activating group) is 1. The Kier molecular flexibility index (Phi) is 5.11. The van der Waals surface area contributed by atoms with Crippen molar-refractivity contribution in [3.63, 3.8) is 0 Å². The van der Waals surface area contributed by atoms with E-state index >= 15 is 0 Å². The first kappa shape index (κ1) is 20.2. The molecule has 1 aliphatic carbocycles. The molecule has 0 saturated heterocycles. The van der Waals surface area contributed by atoms with Gasteiger partial charge in [0.2, 0.25) is 0 Å². The number of aliphatic hydroxyl groups excluding tert-OH is 1. The molecular weight excluding hydrogens is 382 g/mol. The Balaban J connectivity index is 1.78. The molecule has 8 heteroatoms. The summed E-state index contributed by atoms with van der Waals surface area (Å²) in [5, 5.41) is 15.2. The van der Waals surface area contributed by atoms with E-state index in [0.29, 0.717) is 48.5 Å². The van der Waals surface area contributed by atoms with Crippen molar-refractivity contribution < 1.29 is 19.1 Å². The summed E-state index contributed by atoms with van der Waals surface area (Å²) in [5.41, 5.74) is 4.59. The molecule has 8 nitrogen and oxygen atoms in total. The van der Waals surface area contributed by atoms with Crippen molar-refractivity contribution in [1.29, 1.82) is 0 Å². The number of nitrogens with zero attached hydrogens (tertiary/aromatic N) is 5. The maximum Gasteiger partial charge on any atom is 0.260 e. The van der Waals surface area contributed by atoms with Crippen LogP contribution in [0.1, 0.15) is 11.3 Å². The lowest BCUT2D eigenvalue weighted by atomic mass is 10.1. The van der Waals surface area contributed by atoms with Gasteiger partial charge in [-0.3, -0.25) is 4.99 Å². The predicted octanol–water partition coefficient (Wildman–Crippen LogP) is 2.92. The van der Waals surface area contributed by atoms with Crippen LogP contribution in [-0.2, 0) is 4.74 Å². The van der Waals surface area contributed by atoms with Crippen molar-refractivity contribution in [3.8, 4) is 5.88 Å². The zero-order chi connectivity index (χ0) is 21.5. The van der Waals surface area contributed by atoms with Gasteiger partial charge in [-0.15, -0.1) is 5.10 Å². The van der Waals surface area contributed by atoms with E-state index in [2.05, 4.69) is 31.2 Å². The molecule has 158 valence electrons. The van der Waals surface area contributed by atoms with Gasteiger partial charge in [-0.1, -0.05) is 6.07 Å². The highest BCUT2D eigenvalue weighted by Gasteiger charge is 2.23. The standard InChI is InChI=1S/C22H27N5O3/c1-14-6-7-18-21(22(25-26(18)15(14)2)30-11-9-27(3,4)5)24-16-13-20-17(12-19(16)28)23-8-10-29-20/h6-7,12-13H,8-11H2,1-5H3/p+1/b24-16+. The number of aliphatic hydroxyl groups is 1. The Morgan fingerprint density at radius 3 is 2.80 bits per heavy atom. The predicted molar refractivity (Wildman–Crippen MR) is 117 cm³/mol. The number of allylic oxidation sites excluding steroid dienone is 2. The highest BCUT2D eigenvalue weighted by atomic mass is 16.5. The summed E-state index contributed by atoms with van der Waals surface area (Å²) in [7, 11) is 6.34. The molecule has 30 heavy (non-hydrogen) atoms. The second-order valence-electron chi connectivity index (χ2n) is 8.57. The Morgan fingerprint density at radius 2 is 2.03 bits per heavy atom. The van der Waals surface area contributed by atoms with Crippen molar-refractivity contribution in [1.82, 2.24) is 9.61 Å². The van der Waals surface area contributed by atoms with Crippen molar-refractivity contribution in [2.75, 3.05) is 47.4 Å². The van der Waals surface area contributed by atoms with Gasteiger partial charge in [-0.05, 0) is 25.5 Å². The van der Waals surface area contributed by atoms with E-state index in [1.807, 2.05) is 30.5 Å². The highest BCUT2D eigenvalue weighted by Crippen LogP contribution is 2.34. The first-order chi connectivity index (χ1) is 14.2. The van der Waals surface area contributed by atoms with Crippen molar-refractivity contribution in [3.05, 3.63) is 47.1 Å². The zero-order valence-electron chi connectivity index (χ0n) is 18.1. The summed E-state index contributed by atoms with van der Waals surface area (Å²) < 4.78 is 14.3. The van der Waals surface area contributed by atoms with Crippen LogP contribution in [0.3, 0.4) is 0 Å². The molecule has 0 radical (unpaired) electrons. The van der Waals surface area contributed by atoms with Crippen molar-refractivity contribution >= 4 is 22.6 Å². The lowest BCUT2D eigenvalue weighted by molar-refractivity contribution is -0.870. The first-order valence-corrected chi connectivity index (χ1v) is 10.0. The van der Waals surface area contributed by atoms with E-state index in [1.54, 1.807) is 12.2 Å². The van der Waals surface area contributed by atoms with Gasteiger partial charge < -0.3 is 19.1 Å². The van der Waals surface area contributed by atoms with E-state index in [4.69, 9.17) is 14.5 Å². The van der Waals surface area contributed by atoms with Gasteiger partial charge in [0.15, 0.2) is 5.69 Å². The van der Waals surface area contributed by atoms with E-state index < -0.39 is 0 Å². The maximum atomic E-state index is 10.5. The summed E-state index contributed by atoms with van der Waals surface area (Å²) >= 11 is 0. The van der Waals surface area contributed by atoms with Crippen LogP contribution in [0.2, 0.25) is 0 Å². The van der Waals surface area contributed by atoms with Gasteiger partial charge >= 0.3 is 0 Å². The lowest BCUT2D eigenvalue weighted by Crippen LogP contribution is -2.38. The van der Waals surface area contributed by atoms with Crippen molar-refractivity contribution in [2.45, 2.75) is 13.8 Å². The van der Waals surface area contributed by atoms with Crippen LogP contribution in [0.5, 0.6) is 5.88 Å². The maximum absolute atomic E-state index is 10.5. The fourth-order valence-corrected chi connectivity index (χ4v) is 3.23. The molecule has 4 rings (SSSR count). The third kappa shape index (κ3) is 3.95. The van der Waals surface area contributed by atoms with Gasteiger partial charge in [0.05, 0.1) is 33.2 Å². The molecule has 2 aromatic heterocycles. The van der Waals surface area contributed by atoms with E-state index in [9.17, 15) is 5.11 Å². The zero-order valence-corrected chi connectivity index (χ0v) is 18.1. The van der Waals surface area contributed by atoms with Crippen molar-refractivity contribution in [2.24, 2.45) is 9.98 Å². The van der Waals surface area contributed by atoms with Crippen LogP contribution < -0.4 is 4.74 Å². The largest absolute Gasteiger partial charge is 0.506 e. The van der Waals surface area contributed by atoms with Gasteiger partial charge in [0, 0.05) is 17.8 Å². The second kappa shape index (κ2) is 7.60. The molecule has 3 heterocycles. The summed E-state index contributed by atoms with van der Waals surface area (Å²) in [6.45, 7) is 6.49. The molecule has 0 bridgehead atoms. The number of aliphatic imine (C=N–C) groups is 2. The molecule has 0 amide bonds. The SMILES string of the molecule is Cc1ccc2c(/N=C3\C=C4OCCN=C4C=C3O)c(OCC[N+](C)(C)C)nn2c1C. The lowest BCUT2D eigenvalue weighted by Gasteiger charge is -2.23. The number of aryl methyl sites for hydroxylation is 2. The number of quaternary nitrogens is 1. The number of pyridine rings is 1. The first-order valence-electron chi connectivity index (χ1n) is 10.0. The number of hydrogen-bond donors (Lipinski definition) is 1. The molecule has 2 aliphatic rings. The number of aromatic nitrogens is 2.